The third kappa shape index (κ3) is 5.11. The molecule has 12 heteroatoms. The van der Waals surface area contributed by atoms with Crippen molar-refractivity contribution in [3.63, 3.8) is 0 Å². The molecule has 1 N–H and O–H groups in total. The number of hydrogen-bond acceptors (Lipinski definition) is 8. The SMILES string of the molecule is N#Cc1cc(-c2ccnc(Nc3ccc(-n4cnc(C(F)(F)F)n4)cc3)n2)cc(N2CCOCC2)c1. The first-order valence-corrected chi connectivity index (χ1v) is 11.0. The average molecular weight is 492 g/mol. The lowest BCUT2D eigenvalue weighted by Gasteiger charge is -2.29. The first kappa shape index (κ1) is 23.3. The summed E-state index contributed by atoms with van der Waals surface area (Å²) >= 11 is 0. The van der Waals surface area contributed by atoms with E-state index in [-0.39, 0.29) is 0 Å². The number of alkyl halides is 3. The normalized spacial score (nSPS) is 13.9. The summed E-state index contributed by atoms with van der Waals surface area (Å²) in [7, 11) is 0. The summed E-state index contributed by atoms with van der Waals surface area (Å²) in [6.45, 7) is 2.75. The van der Waals surface area contributed by atoms with Gasteiger partial charge in [0.15, 0.2) is 0 Å². The van der Waals surface area contributed by atoms with E-state index in [9.17, 15) is 18.4 Å². The van der Waals surface area contributed by atoms with Gasteiger partial charge >= 0.3 is 6.18 Å². The fourth-order valence-corrected chi connectivity index (χ4v) is 3.75. The van der Waals surface area contributed by atoms with Crippen molar-refractivity contribution in [3.8, 4) is 23.0 Å². The maximum Gasteiger partial charge on any atom is 0.453 e. The van der Waals surface area contributed by atoms with Crippen LogP contribution in [0.25, 0.3) is 16.9 Å². The molecule has 9 nitrogen and oxygen atoms in total. The Morgan fingerprint density at radius 3 is 2.44 bits per heavy atom. The van der Waals surface area contributed by atoms with Crippen LogP contribution in [-0.2, 0) is 10.9 Å². The van der Waals surface area contributed by atoms with Gasteiger partial charge in [-0.05, 0) is 48.5 Å². The molecule has 0 radical (unpaired) electrons. The Kier molecular flexibility index (Phi) is 6.22. The Balaban J connectivity index is 1.35. The van der Waals surface area contributed by atoms with Gasteiger partial charge in [0.05, 0.1) is 36.2 Å². The number of nitrogens with zero attached hydrogens (tertiary/aromatic N) is 7. The number of hydrogen-bond donors (Lipinski definition) is 1. The van der Waals surface area contributed by atoms with Crippen molar-refractivity contribution in [2.45, 2.75) is 6.18 Å². The highest BCUT2D eigenvalue weighted by Crippen LogP contribution is 2.28. The van der Waals surface area contributed by atoms with E-state index in [0.29, 0.717) is 41.8 Å². The van der Waals surface area contributed by atoms with Crippen molar-refractivity contribution in [1.82, 2.24) is 24.7 Å². The van der Waals surface area contributed by atoms with Crippen molar-refractivity contribution >= 4 is 17.3 Å². The number of ether oxygens (including phenoxy) is 1. The van der Waals surface area contributed by atoms with E-state index in [1.165, 1.54) is 0 Å². The minimum atomic E-state index is -4.61. The van der Waals surface area contributed by atoms with Crippen LogP contribution in [0.5, 0.6) is 0 Å². The Morgan fingerprint density at radius 1 is 0.972 bits per heavy atom. The molecule has 1 aliphatic rings. The van der Waals surface area contributed by atoms with Crippen molar-refractivity contribution in [1.29, 1.82) is 5.26 Å². The van der Waals surface area contributed by atoms with E-state index >= 15 is 0 Å². The molecule has 1 aliphatic heterocycles. The number of anilines is 3. The summed E-state index contributed by atoms with van der Waals surface area (Å²) in [6.07, 6.45) is -1.98. The van der Waals surface area contributed by atoms with Crippen molar-refractivity contribution in [2.24, 2.45) is 0 Å². The van der Waals surface area contributed by atoms with Crippen molar-refractivity contribution in [2.75, 3.05) is 36.5 Å². The fourth-order valence-electron chi connectivity index (χ4n) is 3.75. The third-order valence-corrected chi connectivity index (χ3v) is 5.51. The molecule has 0 amide bonds. The van der Waals surface area contributed by atoms with Crippen LogP contribution in [0.3, 0.4) is 0 Å². The van der Waals surface area contributed by atoms with Gasteiger partial charge < -0.3 is 15.0 Å². The molecule has 5 rings (SSSR count). The number of halogens is 3. The standard InChI is InChI=1S/C24H19F3N8O/c25-24(26,27)22-30-15-35(33-22)19-3-1-18(2-4-19)31-23-29-6-5-21(32-23)17-11-16(14-28)12-20(13-17)34-7-9-36-10-8-34/h1-6,11-13,15H,7-10H2,(H,29,31,32). The Hall–Kier alpha value is -4.50. The minimum Gasteiger partial charge on any atom is -0.378 e. The second kappa shape index (κ2) is 9.63. The van der Waals surface area contributed by atoms with Gasteiger partial charge in [-0.2, -0.15) is 18.4 Å². The number of rotatable bonds is 5. The van der Waals surface area contributed by atoms with Crippen LogP contribution < -0.4 is 10.2 Å². The predicted molar refractivity (Wildman–Crippen MR) is 125 cm³/mol. The quantitative estimate of drug-likeness (QED) is 0.442. The Labute approximate surface area is 203 Å². The zero-order valence-electron chi connectivity index (χ0n) is 18.8. The van der Waals surface area contributed by atoms with E-state index in [2.05, 4.69) is 36.3 Å². The van der Waals surface area contributed by atoms with Gasteiger partial charge in [0, 0.05) is 36.2 Å². The summed E-state index contributed by atoms with van der Waals surface area (Å²) in [5, 5.41) is 16.1. The maximum atomic E-state index is 12.8. The van der Waals surface area contributed by atoms with Crippen LogP contribution in [-0.4, -0.2) is 51.0 Å². The first-order valence-electron chi connectivity index (χ1n) is 11.0. The number of nitrogens with one attached hydrogen (secondary N) is 1. The highest BCUT2D eigenvalue weighted by Gasteiger charge is 2.35. The molecular weight excluding hydrogens is 473 g/mol. The zero-order valence-corrected chi connectivity index (χ0v) is 18.8. The molecule has 0 aliphatic carbocycles. The molecule has 0 atom stereocenters. The lowest BCUT2D eigenvalue weighted by molar-refractivity contribution is -0.144. The smallest absolute Gasteiger partial charge is 0.378 e. The minimum absolute atomic E-state index is 0.329. The molecule has 0 unspecified atom stereocenters. The van der Waals surface area contributed by atoms with Gasteiger partial charge in [-0.15, -0.1) is 5.10 Å². The predicted octanol–water partition coefficient (Wildman–Crippen LogP) is 4.19. The van der Waals surface area contributed by atoms with E-state index in [1.54, 1.807) is 42.6 Å². The van der Waals surface area contributed by atoms with Gasteiger partial charge in [0.1, 0.15) is 6.33 Å². The van der Waals surface area contributed by atoms with E-state index in [0.717, 1.165) is 35.3 Å². The van der Waals surface area contributed by atoms with Gasteiger partial charge in [0.2, 0.25) is 5.95 Å². The van der Waals surface area contributed by atoms with Crippen molar-refractivity contribution < 1.29 is 17.9 Å². The molecular formula is C24H19F3N8O. The summed E-state index contributed by atoms with van der Waals surface area (Å²) < 4.78 is 44.7. The number of nitriles is 1. The summed E-state index contributed by atoms with van der Waals surface area (Å²) in [6, 6.07) is 16.1. The van der Waals surface area contributed by atoms with E-state index in [1.807, 2.05) is 12.1 Å². The summed E-state index contributed by atoms with van der Waals surface area (Å²) in [5.74, 6) is -0.872. The van der Waals surface area contributed by atoms with Crippen LogP contribution in [0, 0.1) is 11.3 Å². The van der Waals surface area contributed by atoms with Gasteiger partial charge in [-0.3, -0.25) is 0 Å². The largest absolute Gasteiger partial charge is 0.453 e. The first-order chi connectivity index (χ1) is 17.4. The fraction of sp³-hybridized carbons (Fsp3) is 0.208. The highest BCUT2D eigenvalue weighted by molar-refractivity contribution is 5.70. The van der Waals surface area contributed by atoms with Gasteiger partial charge in [0.25, 0.3) is 5.82 Å². The maximum absolute atomic E-state index is 12.8. The molecule has 1 fully saturated rings. The third-order valence-electron chi connectivity index (χ3n) is 5.51. The number of morpholine rings is 1. The highest BCUT2D eigenvalue weighted by atomic mass is 19.4. The lowest BCUT2D eigenvalue weighted by atomic mass is 10.1. The summed E-state index contributed by atoms with van der Waals surface area (Å²) in [4.78, 5) is 14.3. The van der Waals surface area contributed by atoms with Crippen LogP contribution in [0.1, 0.15) is 11.4 Å². The molecule has 0 saturated carbocycles. The van der Waals surface area contributed by atoms with Crippen LogP contribution in [0.4, 0.5) is 30.5 Å². The second-order valence-corrected chi connectivity index (χ2v) is 7.93. The average Bonchev–Trinajstić information content (AvgIpc) is 3.41. The van der Waals surface area contributed by atoms with Crippen molar-refractivity contribution in [3.05, 3.63) is 72.4 Å². The molecule has 3 heterocycles. The molecule has 4 aromatic rings. The molecule has 36 heavy (non-hydrogen) atoms. The van der Waals surface area contributed by atoms with E-state index < -0.39 is 12.0 Å². The molecule has 0 bridgehead atoms. The molecule has 2 aromatic carbocycles. The van der Waals surface area contributed by atoms with E-state index in [4.69, 9.17) is 4.74 Å². The topological polar surface area (TPSA) is 105 Å². The molecule has 0 spiro atoms. The van der Waals surface area contributed by atoms with Crippen LogP contribution in [0.2, 0.25) is 0 Å². The molecule has 2 aromatic heterocycles. The summed E-state index contributed by atoms with van der Waals surface area (Å²) in [5.41, 5.74) is 3.92. The number of benzene rings is 2. The monoisotopic (exact) mass is 492 g/mol. The molecule has 1 saturated heterocycles. The zero-order chi connectivity index (χ0) is 25.1. The molecule has 182 valence electrons. The van der Waals surface area contributed by atoms with Gasteiger partial charge in [-0.1, -0.05) is 0 Å². The van der Waals surface area contributed by atoms with Gasteiger partial charge in [-0.25, -0.2) is 19.6 Å². The van der Waals surface area contributed by atoms with Crippen LogP contribution in [0.15, 0.2) is 61.1 Å². The Morgan fingerprint density at radius 2 is 1.75 bits per heavy atom. The van der Waals surface area contributed by atoms with Crippen LogP contribution >= 0.6 is 0 Å². The lowest BCUT2D eigenvalue weighted by Crippen LogP contribution is -2.36. The second-order valence-electron chi connectivity index (χ2n) is 7.93. The Bertz CT molecular complexity index is 1410. The number of aromatic nitrogens is 5.